The fraction of sp³-hybridized carbons (Fsp3) is 0.276. The maximum Gasteiger partial charge on any atom is 0.416 e. The molecule has 0 saturated carbocycles. The van der Waals surface area contributed by atoms with Gasteiger partial charge in [-0.1, -0.05) is 55.5 Å². The number of alkyl halides is 3. The van der Waals surface area contributed by atoms with Crippen molar-refractivity contribution in [3.05, 3.63) is 129 Å². The van der Waals surface area contributed by atoms with E-state index in [0.29, 0.717) is 43.9 Å². The predicted molar refractivity (Wildman–Crippen MR) is 135 cm³/mol. The number of aryl methyl sites for hydroxylation is 1. The number of aromatic nitrogens is 3. The Morgan fingerprint density at radius 3 is 2.35 bits per heavy atom. The van der Waals surface area contributed by atoms with Crippen LogP contribution in [0.25, 0.3) is 0 Å². The van der Waals surface area contributed by atoms with Crippen LogP contribution in [0.3, 0.4) is 0 Å². The molecule has 0 saturated heterocycles. The van der Waals surface area contributed by atoms with Gasteiger partial charge in [0.1, 0.15) is 11.9 Å². The number of nitrogens with zero attached hydrogens (tertiary/aromatic N) is 4. The molecule has 0 radical (unpaired) electrons. The molecule has 3 heterocycles. The van der Waals surface area contributed by atoms with E-state index < -0.39 is 17.8 Å². The lowest BCUT2D eigenvalue weighted by atomic mass is 10.0. The largest absolute Gasteiger partial charge is 0.416 e. The number of benzene rings is 2. The number of hydrogen-bond acceptors (Lipinski definition) is 4. The number of fused-ring (bicyclic) bond motifs is 1. The molecule has 0 spiro atoms. The summed E-state index contributed by atoms with van der Waals surface area (Å²) in [5.74, 6) is 0.708. The molecule has 190 valence electrons. The summed E-state index contributed by atoms with van der Waals surface area (Å²) in [6, 6.07) is 20.3. The Balaban J connectivity index is 1.51. The fourth-order valence-electron chi connectivity index (χ4n) is 4.93. The van der Waals surface area contributed by atoms with Gasteiger partial charge >= 0.3 is 6.18 Å². The highest BCUT2D eigenvalue weighted by Crippen LogP contribution is 2.30. The minimum absolute atomic E-state index is 0.0986. The molecule has 1 aliphatic heterocycles. The maximum atomic E-state index is 14.1. The van der Waals surface area contributed by atoms with Gasteiger partial charge in [-0.3, -0.25) is 19.2 Å². The SMILES string of the molecule is CCc1nc2c(c(=O)n1C(c1ccccc1)c1ccccn1)CN(Cc1ccc(C(F)(F)F)cc1)CC2. The first kappa shape index (κ1) is 24.9. The van der Waals surface area contributed by atoms with Crippen molar-refractivity contribution < 1.29 is 13.2 Å². The smallest absolute Gasteiger partial charge is 0.294 e. The number of halogens is 3. The highest BCUT2D eigenvalue weighted by atomic mass is 19.4. The molecule has 1 unspecified atom stereocenters. The van der Waals surface area contributed by atoms with E-state index in [2.05, 4.69) is 9.88 Å². The summed E-state index contributed by atoms with van der Waals surface area (Å²) in [5, 5.41) is 0. The minimum Gasteiger partial charge on any atom is -0.294 e. The summed E-state index contributed by atoms with van der Waals surface area (Å²) in [5.41, 5.74) is 3.13. The average molecular weight is 505 g/mol. The van der Waals surface area contributed by atoms with Crippen molar-refractivity contribution in [1.29, 1.82) is 0 Å². The summed E-state index contributed by atoms with van der Waals surface area (Å²) in [7, 11) is 0. The van der Waals surface area contributed by atoms with Gasteiger partial charge in [0.2, 0.25) is 0 Å². The Bertz CT molecular complexity index is 1380. The average Bonchev–Trinajstić information content (AvgIpc) is 2.91. The molecule has 2 aromatic heterocycles. The van der Waals surface area contributed by atoms with Crippen molar-refractivity contribution in [2.24, 2.45) is 0 Å². The molecule has 4 aromatic rings. The van der Waals surface area contributed by atoms with Crippen LogP contribution in [-0.4, -0.2) is 26.0 Å². The van der Waals surface area contributed by atoms with Crippen molar-refractivity contribution in [2.75, 3.05) is 6.54 Å². The molecule has 0 N–H and O–H groups in total. The van der Waals surface area contributed by atoms with Gasteiger partial charge in [-0.25, -0.2) is 4.98 Å². The highest BCUT2D eigenvalue weighted by molar-refractivity contribution is 5.32. The van der Waals surface area contributed by atoms with Crippen LogP contribution in [0.15, 0.2) is 83.8 Å². The lowest BCUT2D eigenvalue weighted by Gasteiger charge is -2.30. The second-order valence-corrected chi connectivity index (χ2v) is 9.21. The Kier molecular flexibility index (Phi) is 6.93. The molecule has 1 atom stereocenters. The monoisotopic (exact) mass is 504 g/mol. The lowest BCUT2D eigenvalue weighted by molar-refractivity contribution is -0.137. The zero-order valence-corrected chi connectivity index (χ0v) is 20.4. The van der Waals surface area contributed by atoms with Crippen LogP contribution in [0.5, 0.6) is 0 Å². The quantitative estimate of drug-likeness (QED) is 0.352. The first-order valence-corrected chi connectivity index (χ1v) is 12.3. The first-order valence-electron chi connectivity index (χ1n) is 12.3. The molecule has 0 aliphatic carbocycles. The molecular formula is C29H27F3N4O. The van der Waals surface area contributed by atoms with E-state index in [1.54, 1.807) is 10.8 Å². The second-order valence-electron chi connectivity index (χ2n) is 9.21. The van der Waals surface area contributed by atoms with Crippen LogP contribution >= 0.6 is 0 Å². The maximum absolute atomic E-state index is 14.1. The minimum atomic E-state index is -4.36. The van der Waals surface area contributed by atoms with Gasteiger partial charge in [-0.15, -0.1) is 0 Å². The van der Waals surface area contributed by atoms with E-state index in [1.165, 1.54) is 12.1 Å². The van der Waals surface area contributed by atoms with Crippen LogP contribution in [0.4, 0.5) is 13.2 Å². The first-order chi connectivity index (χ1) is 17.8. The Morgan fingerprint density at radius 2 is 1.70 bits per heavy atom. The molecular weight excluding hydrogens is 477 g/mol. The van der Waals surface area contributed by atoms with Gasteiger partial charge in [0, 0.05) is 38.7 Å². The summed E-state index contributed by atoms with van der Waals surface area (Å²) in [6.07, 6.45) is -1.44. The van der Waals surface area contributed by atoms with E-state index in [0.717, 1.165) is 34.6 Å². The third-order valence-electron chi connectivity index (χ3n) is 6.76. The molecule has 1 aliphatic rings. The molecule has 8 heteroatoms. The molecule has 0 amide bonds. The predicted octanol–water partition coefficient (Wildman–Crippen LogP) is 5.42. The third kappa shape index (κ3) is 5.20. The zero-order chi connectivity index (χ0) is 26.0. The van der Waals surface area contributed by atoms with E-state index in [1.807, 2.05) is 55.5 Å². The van der Waals surface area contributed by atoms with Crippen molar-refractivity contribution >= 4 is 0 Å². The van der Waals surface area contributed by atoms with Crippen LogP contribution in [0, 0.1) is 0 Å². The number of rotatable bonds is 6. The molecule has 0 fully saturated rings. The second kappa shape index (κ2) is 10.3. The van der Waals surface area contributed by atoms with Crippen LogP contribution in [-0.2, 0) is 32.1 Å². The van der Waals surface area contributed by atoms with Crippen molar-refractivity contribution in [3.8, 4) is 0 Å². The van der Waals surface area contributed by atoms with Crippen molar-refractivity contribution in [3.63, 3.8) is 0 Å². The summed E-state index contributed by atoms with van der Waals surface area (Å²) < 4.78 is 40.6. The van der Waals surface area contributed by atoms with Crippen molar-refractivity contribution in [2.45, 2.75) is 45.1 Å². The topological polar surface area (TPSA) is 51.0 Å². The number of pyridine rings is 1. The highest BCUT2D eigenvalue weighted by Gasteiger charge is 2.31. The Hall–Kier alpha value is -3.78. The van der Waals surface area contributed by atoms with Crippen LogP contribution in [0.2, 0.25) is 0 Å². The molecule has 0 bridgehead atoms. The van der Waals surface area contributed by atoms with Gasteiger partial charge in [-0.05, 0) is 35.4 Å². The lowest BCUT2D eigenvalue weighted by Crippen LogP contribution is -2.40. The normalized spacial score (nSPS) is 14.8. The fourth-order valence-corrected chi connectivity index (χ4v) is 4.93. The molecule has 2 aromatic carbocycles. The van der Waals surface area contributed by atoms with Gasteiger partial charge < -0.3 is 0 Å². The zero-order valence-electron chi connectivity index (χ0n) is 20.4. The van der Waals surface area contributed by atoms with E-state index in [9.17, 15) is 18.0 Å². The summed E-state index contributed by atoms with van der Waals surface area (Å²) >= 11 is 0. The van der Waals surface area contributed by atoms with Crippen LogP contribution < -0.4 is 5.56 Å². The van der Waals surface area contributed by atoms with E-state index in [4.69, 9.17) is 4.98 Å². The third-order valence-corrected chi connectivity index (χ3v) is 6.76. The summed E-state index contributed by atoms with van der Waals surface area (Å²) in [4.78, 5) is 25.7. The van der Waals surface area contributed by atoms with Gasteiger partial charge in [0.25, 0.3) is 5.56 Å². The van der Waals surface area contributed by atoms with Gasteiger partial charge in [0.15, 0.2) is 0 Å². The standard InChI is InChI=1S/C29H27F3N4O/c1-2-26-34-24-15-17-35(18-20-11-13-22(14-12-20)29(30,31)32)19-23(24)28(37)36(26)27(21-8-4-3-5-9-21)25-10-6-7-16-33-25/h3-14,16,27H,2,15,17-19H2,1H3. The molecule has 5 nitrogen and oxygen atoms in total. The summed E-state index contributed by atoms with van der Waals surface area (Å²) in [6.45, 7) is 3.51. The number of hydrogen-bond donors (Lipinski definition) is 0. The molecule has 5 rings (SSSR count). The Labute approximate surface area is 213 Å². The van der Waals surface area contributed by atoms with E-state index >= 15 is 0 Å². The molecule has 37 heavy (non-hydrogen) atoms. The van der Waals surface area contributed by atoms with Crippen LogP contribution in [0.1, 0.15) is 52.4 Å². The van der Waals surface area contributed by atoms with Gasteiger partial charge in [0.05, 0.1) is 22.5 Å². The Morgan fingerprint density at radius 1 is 0.973 bits per heavy atom. The van der Waals surface area contributed by atoms with Gasteiger partial charge in [-0.2, -0.15) is 13.2 Å². The van der Waals surface area contributed by atoms with E-state index in [-0.39, 0.29) is 5.56 Å². The van der Waals surface area contributed by atoms with Crippen molar-refractivity contribution in [1.82, 2.24) is 19.4 Å².